The Bertz CT molecular complexity index is 1040. The predicted octanol–water partition coefficient (Wildman–Crippen LogP) is 0.989. The molecule has 0 saturated heterocycles. The normalized spacial score (nSPS) is 11.7. The van der Waals surface area contributed by atoms with Crippen LogP contribution < -0.4 is 11.5 Å². The molecule has 0 heterocycles. The first-order valence-electron chi connectivity index (χ1n) is 7.88. The van der Waals surface area contributed by atoms with Crippen molar-refractivity contribution in [1.29, 1.82) is 0 Å². The number of benzene rings is 2. The first-order valence-corrected chi connectivity index (χ1v) is 10.8. The number of nitrogens with two attached hydrogens (primary N) is 2. The summed E-state index contributed by atoms with van der Waals surface area (Å²) in [5, 5.41) is 0. The first kappa shape index (κ1) is 22.1. The van der Waals surface area contributed by atoms with Crippen LogP contribution in [-0.4, -0.2) is 37.8 Å². The largest absolute Gasteiger partial charge is 0.355 e. The van der Waals surface area contributed by atoms with Crippen LogP contribution in [0.5, 0.6) is 0 Å². The zero-order chi connectivity index (χ0) is 22.0. The number of rotatable bonds is 6. The van der Waals surface area contributed by atoms with Crippen molar-refractivity contribution in [3.8, 4) is 0 Å². The second kappa shape index (κ2) is 8.06. The average molecular weight is 442 g/mol. The maximum atomic E-state index is 12.7. The molecule has 4 N–H and O–H groups in total. The average Bonchev–Trinajstić information content (AvgIpc) is 2.61. The lowest BCUT2D eigenvalue weighted by Crippen LogP contribution is -2.50. The molecule has 0 fully saturated rings. The summed E-state index contributed by atoms with van der Waals surface area (Å²) in [6.45, 7) is 3.39. The maximum Gasteiger partial charge on any atom is 0.355 e. The van der Waals surface area contributed by atoms with Crippen molar-refractivity contribution in [3.63, 3.8) is 0 Å². The highest BCUT2D eigenvalue weighted by molar-refractivity contribution is 7.90. The molecule has 0 aliphatic carbocycles. The standard InChI is InChI=1S/C16H18N4O7S2/c1-11-3-7-13(8-4-11)28(23,24)19(15(17)21)27-20(16(18)22)29(25,26)14-9-5-12(2)6-10-14/h3-10H,1-2H3,(H2,17,21)(H2,18,22). The summed E-state index contributed by atoms with van der Waals surface area (Å²) in [4.78, 5) is 27.2. The third-order valence-corrected chi connectivity index (χ3v) is 6.68. The summed E-state index contributed by atoms with van der Waals surface area (Å²) in [7, 11) is -9.54. The van der Waals surface area contributed by atoms with E-state index < -0.39 is 50.8 Å². The van der Waals surface area contributed by atoms with Crippen molar-refractivity contribution in [3.05, 3.63) is 59.7 Å². The summed E-state index contributed by atoms with van der Waals surface area (Å²) in [6.07, 6.45) is 0. The van der Waals surface area contributed by atoms with Crippen molar-refractivity contribution in [2.45, 2.75) is 23.6 Å². The molecule has 156 valence electrons. The van der Waals surface area contributed by atoms with Gasteiger partial charge >= 0.3 is 12.1 Å². The summed E-state index contributed by atoms with van der Waals surface area (Å²) >= 11 is 0. The van der Waals surface area contributed by atoms with Gasteiger partial charge in [0.2, 0.25) is 0 Å². The molecule has 13 heteroatoms. The number of hydrogen-bond acceptors (Lipinski definition) is 7. The lowest BCUT2D eigenvalue weighted by molar-refractivity contribution is -0.172. The monoisotopic (exact) mass is 442 g/mol. The number of aryl methyl sites for hydroxylation is 2. The number of carbonyl (C=O) groups is 2. The second-order valence-electron chi connectivity index (χ2n) is 5.85. The van der Waals surface area contributed by atoms with Gasteiger partial charge in [0.25, 0.3) is 20.0 Å². The Balaban J connectivity index is 2.50. The van der Waals surface area contributed by atoms with Gasteiger partial charge in [0.05, 0.1) is 9.79 Å². The number of hydrogen-bond donors (Lipinski definition) is 2. The van der Waals surface area contributed by atoms with Crippen LogP contribution in [0, 0.1) is 13.8 Å². The van der Waals surface area contributed by atoms with Gasteiger partial charge in [-0.3, -0.25) is 0 Å². The van der Waals surface area contributed by atoms with E-state index in [1.807, 2.05) is 0 Å². The van der Waals surface area contributed by atoms with Gasteiger partial charge in [-0.15, -0.1) is 4.94 Å². The lowest BCUT2D eigenvalue weighted by Gasteiger charge is -2.25. The van der Waals surface area contributed by atoms with E-state index in [4.69, 9.17) is 11.5 Å². The topological polar surface area (TPSA) is 170 Å². The van der Waals surface area contributed by atoms with Crippen molar-refractivity contribution >= 4 is 32.1 Å². The SMILES string of the molecule is Cc1ccc(S(=O)(=O)N(ON(C(N)=O)S(=O)(=O)c2ccc(C)cc2)C(N)=O)cc1. The fourth-order valence-corrected chi connectivity index (χ4v) is 4.25. The molecule has 4 amide bonds. The second-order valence-corrected chi connectivity index (χ2v) is 9.35. The van der Waals surface area contributed by atoms with Gasteiger partial charge in [0, 0.05) is 0 Å². The van der Waals surface area contributed by atoms with E-state index in [9.17, 15) is 26.4 Å². The molecule has 0 saturated carbocycles. The minimum absolute atomic E-state index is 0.431. The molecule has 2 aromatic carbocycles. The molecule has 0 atom stereocenters. The van der Waals surface area contributed by atoms with Gasteiger partial charge in [-0.05, 0) is 38.1 Å². The minimum atomic E-state index is -4.77. The maximum absolute atomic E-state index is 12.7. The van der Waals surface area contributed by atoms with E-state index >= 15 is 0 Å². The molecule has 0 aromatic heterocycles. The van der Waals surface area contributed by atoms with Crippen molar-refractivity contribution in [2.75, 3.05) is 0 Å². The molecule has 11 nitrogen and oxygen atoms in total. The van der Waals surface area contributed by atoms with Gasteiger partial charge in [0.15, 0.2) is 0 Å². The number of urea groups is 2. The number of primary amides is 2. The summed E-state index contributed by atoms with van der Waals surface area (Å²) in [6, 6.07) is 6.91. The van der Waals surface area contributed by atoms with Crippen molar-refractivity contribution in [1.82, 2.24) is 8.94 Å². The van der Waals surface area contributed by atoms with Crippen LogP contribution in [0.4, 0.5) is 9.59 Å². The Morgan fingerprint density at radius 2 is 0.966 bits per heavy atom. The number of carbonyl (C=O) groups excluding carboxylic acids is 2. The third-order valence-electron chi connectivity index (χ3n) is 3.58. The van der Waals surface area contributed by atoms with Gasteiger partial charge in [-0.1, -0.05) is 44.3 Å². The lowest BCUT2D eigenvalue weighted by atomic mass is 10.2. The first-order chi connectivity index (χ1) is 13.4. The summed E-state index contributed by atoms with van der Waals surface area (Å²) in [5.41, 5.74) is 11.5. The minimum Gasteiger partial charge on any atom is -0.349 e. The highest BCUT2D eigenvalue weighted by Gasteiger charge is 2.38. The molecule has 0 spiro atoms. The van der Waals surface area contributed by atoms with Crippen LogP contribution in [0.1, 0.15) is 11.1 Å². The number of amides is 4. The van der Waals surface area contributed by atoms with E-state index in [0.717, 1.165) is 35.4 Å². The molecular weight excluding hydrogens is 424 g/mol. The molecule has 0 unspecified atom stereocenters. The fourth-order valence-electron chi connectivity index (χ4n) is 2.08. The fraction of sp³-hybridized carbons (Fsp3) is 0.125. The molecule has 29 heavy (non-hydrogen) atoms. The molecule has 2 rings (SSSR count). The Hall–Kier alpha value is -3.16. The highest BCUT2D eigenvalue weighted by Crippen LogP contribution is 2.22. The van der Waals surface area contributed by atoms with Gasteiger partial charge < -0.3 is 11.5 Å². The van der Waals surface area contributed by atoms with Crippen LogP contribution in [0.3, 0.4) is 0 Å². The smallest absolute Gasteiger partial charge is 0.349 e. The van der Waals surface area contributed by atoms with Gasteiger partial charge in [0.1, 0.15) is 0 Å². The van der Waals surface area contributed by atoms with E-state index in [1.165, 1.54) is 24.3 Å². The molecule has 0 aliphatic rings. The van der Waals surface area contributed by atoms with E-state index in [-0.39, 0.29) is 0 Å². The number of sulfonamides is 2. The van der Waals surface area contributed by atoms with E-state index in [2.05, 4.69) is 4.94 Å². The molecule has 0 bridgehead atoms. The zero-order valence-corrected chi connectivity index (χ0v) is 17.0. The van der Waals surface area contributed by atoms with Crippen molar-refractivity contribution < 1.29 is 31.4 Å². The zero-order valence-electron chi connectivity index (χ0n) is 15.3. The summed E-state index contributed by atoms with van der Waals surface area (Å²) in [5.74, 6) is 0. The van der Waals surface area contributed by atoms with Gasteiger partial charge in [-0.25, -0.2) is 9.59 Å². The van der Waals surface area contributed by atoms with Crippen LogP contribution in [-0.2, 0) is 25.0 Å². The Morgan fingerprint density at radius 1 is 0.690 bits per heavy atom. The van der Waals surface area contributed by atoms with E-state index in [1.54, 1.807) is 13.8 Å². The predicted molar refractivity (Wildman–Crippen MR) is 101 cm³/mol. The van der Waals surface area contributed by atoms with Gasteiger partial charge in [-0.2, -0.15) is 16.8 Å². The highest BCUT2D eigenvalue weighted by atomic mass is 32.2. The van der Waals surface area contributed by atoms with Crippen LogP contribution in [0.2, 0.25) is 0 Å². The Labute approximate surface area is 167 Å². The van der Waals surface area contributed by atoms with Crippen LogP contribution in [0.15, 0.2) is 58.3 Å². The molecule has 0 aliphatic heterocycles. The summed E-state index contributed by atoms with van der Waals surface area (Å²) < 4.78 is 49.8. The van der Waals surface area contributed by atoms with Crippen molar-refractivity contribution in [2.24, 2.45) is 11.5 Å². The Kier molecular flexibility index (Phi) is 6.15. The van der Waals surface area contributed by atoms with Crippen LogP contribution in [0.25, 0.3) is 0 Å². The van der Waals surface area contributed by atoms with Crippen LogP contribution >= 0.6 is 0 Å². The molecule has 2 aromatic rings. The molecular formula is C16H18N4O7S2. The third kappa shape index (κ3) is 4.64. The quantitative estimate of drug-likeness (QED) is 0.628. The number of nitrogens with zero attached hydrogens (tertiary/aromatic N) is 2. The van der Waals surface area contributed by atoms with E-state index in [0.29, 0.717) is 0 Å². The Morgan fingerprint density at radius 3 is 1.21 bits per heavy atom. The number of hydroxylamine groups is 2. The molecule has 0 radical (unpaired) electrons.